The van der Waals surface area contributed by atoms with Gasteiger partial charge in [0.05, 0.1) is 28.7 Å². The van der Waals surface area contributed by atoms with E-state index in [-0.39, 0.29) is 6.10 Å². The maximum Gasteiger partial charge on any atom is 0.243 e. The van der Waals surface area contributed by atoms with Crippen LogP contribution in [0.25, 0.3) is 0 Å². The monoisotopic (exact) mass is 348 g/mol. The van der Waals surface area contributed by atoms with Crippen LogP contribution in [-0.4, -0.2) is 38.0 Å². The summed E-state index contributed by atoms with van der Waals surface area (Å²) >= 11 is 0. The predicted molar refractivity (Wildman–Crippen MR) is 91.0 cm³/mol. The number of sulfonamides is 1. The van der Waals surface area contributed by atoms with Crippen molar-refractivity contribution in [2.75, 3.05) is 13.1 Å². The summed E-state index contributed by atoms with van der Waals surface area (Å²) in [5, 5.41) is 8.93. The van der Waals surface area contributed by atoms with Crippen LogP contribution in [0.1, 0.15) is 49.7 Å². The number of piperidine rings is 1. The van der Waals surface area contributed by atoms with Gasteiger partial charge in [0.2, 0.25) is 10.0 Å². The Balaban J connectivity index is 1.65. The summed E-state index contributed by atoms with van der Waals surface area (Å²) in [7, 11) is -3.50. The molecule has 3 rings (SSSR count). The van der Waals surface area contributed by atoms with Crippen LogP contribution in [0.2, 0.25) is 0 Å². The van der Waals surface area contributed by atoms with Gasteiger partial charge in [-0.15, -0.1) is 0 Å². The van der Waals surface area contributed by atoms with E-state index in [9.17, 15) is 8.42 Å². The standard InChI is InChI=1S/C18H24N2O3S/c1-14-12-15(13-19)6-7-18(14)24(21,22)20-10-8-17(9-11-20)23-16-4-2-3-5-16/h6-7,12,16-17H,2-5,8-11H2,1H3. The summed E-state index contributed by atoms with van der Waals surface area (Å²) in [4.78, 5) is 0.302. The van der Waals surface area contributed by atoms with E-state index >= 15 is 0 Å². The van der Waals surface area contributed by atoms with Gasteiger partial charge >= 0.3 is 0 Å². The van der Waals surface area contributed by atoms with Gasteiger partial charge in [-0.3, -0.25) is 0 Å². The molecule has 2 fully saturated rings. The van der Waals surface area contributed by atoms with Gasteiger partial charge in [0.15, 0.2) is 0 Å². The van der Waals surface area contributed by atoms with E-state index in [2.05, 4.69) is 0 Å². The van der Waals surface area contributed by atoms with Gasteiger partial charge in [0.25, 0.3) is 0 Å². The van der Waals surface area contributed by atoms with Crippen LogP contribution in [0.3, 0.4) is 0 Å². The average Bonchev–Trinajstić information content (AvgIpc) is 3.08. The summed E-state index contributed by atoms with van der Waals surface area (Å²) in [5.41, 5.74) is 1.11. The number of nitriles is 1. The van der Waals surface area contributed by atoms with Crippen molar-refractivity contribution in [3.8, 4) is 6.07 Å². The van der Waals surface area contributed by atoms with E-state index in [4.69, 9.17) is 10.00 Å². The highest BCUT2D eigenvalue weighted by Gasteiger charge is 2.32. The minimum atomic E-state index is -3.50. The Bertz CT molecular complexity index is 725. The number of hydrogen-bond acceptors (Lipinski definition) is 4. The Morgan fingerprint density at radius 1 is 1.12 bits per heavy atom. The predicted octanol–water partition coefficient (Wildman–Crippen LogP) is 2.98. The fraction of sp³-hybridized carbons (Fsp3) is 0.611. The normalized spacial score (nSPS) is 21.0. The van der Waals surface area contributed by atoms with Gasteiger partial charge in [0, 0.05) is 13.1 Å². The minimum absolute atomic E-state index is 0.182. The van der Waals surface area contributed by atoms with Crippen molar-refractivity contribution < 1.29 is 13.2 Å². The molecule has 2 aliphatic rings. The molecule has 0 radical (unpaired) electrons. The molecule has 0 aromatic heterocycles. The molecule has 6 heteroatoms. The third-order valence-electron chi connectivity index (χ3n) is 5.01. The number of aryl methyl sites for hydroxylation is 1. The molecule has 1 saturated carbocycles. The molecule has 0 bridgehead atoms. The molecule has 1 heterocycles. The Morgan fingerprint density at radius 3 is 2.33 bits per heavy atom. The van der Waals surface area contributed by atoms with Crippen molar-refractivity contribution in [2.24, 2.45) is 0 Å². The van der Waals surface area contributed by atoms with Gasteiger partial charge in [-0.25, -0.2) is 8.42 Å². The highest BCUT2D eigenvalue weighted by molar-refractivity contribution is 7.89. The van der Waals surface area contributed by atoms with Crippen LogP contribution < -0.4 is 0 Å². The van der Waals surface area contributed by atoms with Crippen molar-refractivity contribution in [1.82, 2.24) is 4.31 Å². The topological polar surface area (TPSA) is 70.4 Å². The molecule has 1 aromatic carbocycles. The maximum atomic E-state index is 12.9. The van der Waals surface area contributed by atoms with E-state index < -0.39 is 10.0 Å². The van der Waals surface area contributed by atoms with E-state index in [1.807, 2.05) is 6.07 Å². The second kappa shape index (κ2) is 7.22. The Labute approximate surface area is 144 Å². The summed E-state index contributed by atoms with van der Waals surface area (Å²) in [6.07, 6.45) is 6.84. The smallest absolute Gasteiger partial charge is 0.243 e. The Hall–Kier alpha value is -1.42. The largest absolute Gasteiger partial charge is 0.375 e. The molecule has 130 valence electrons. The van der Waals surface area contributed by atoms with Gasteiger partial charge in [-0.05, 0) is 56.4 Å². The lowest BCUT2D eigenvalue weighted by Gasteiger charge is -2.32. The number of hydrogen-bond donors (Lipinski definition) is 0. The van der Waals surface area contributed by atoms with E-state index in [1.54, 1.807) is 29.4 Å². The first-order valence-corrected chi connectivity index (χ1v) is 10.1. The highest BCUT2D eigenvalue weighted by atomic mass is 32.2. The van der Waals surface area contributed by atoms with E-state index in [0.29, 0.717) is 35.2 Å². The molecule has 0 spiro atoms. The van der Waals surface area contributed by atoms with Crippen LogP contribution in [0.15, 0.2) is 23.1 Å². The van der Waals surface area contributed by atoms with E-state index in [0.717, 1.165) is 25.7 Å². The minimum Gasteiger partial charge on any atom is -0.375 e. The zero-order chi connectivity index (χ0) is 17.2. The lowest BCUT2D eigenvalue weighted by molar-refractivity contribution is -0.0302. The van der Waals surface area contributed by atoms with Crippen molar-refractivity contribution in [3.63, 3.8) is 0 Å². The van der Waals surface area contributed by atoms with Crippen LogP contribution >= 0.6 is 0 Å². The van der Waals surface area contributed by atoms with Crippen molar-refractivity contribution in [1.29, 1.82) is 5.26 Å². The Morgan fingerprint density at radius 2 is 1.75 bits per heavy atom. The number of nitrogens with zero attached hydrogens (tertiary/aromatic N) is 2. The SMILES string of the molecule is Cc1cc(C#N)ccc1S(=O)(=O)N1CCC(OC2CCCC2)CC1. The Kier molecular flexibility index (Phi) is 5.24. The molecule has 5 nitrogen and oxygen atoms in total. The molecule has 0 unspecified atom stereocenters. The quantitative estimate of drug-likeness (QED) is 0.839. The first-order valence-electron chi connectivity index (χ1n) is 8.67. The molecule has 1 aliphatic heterocycles. The lowest BCUT2D eigenvalue weighted by Crippen LogP contribution is -2.41. The summed E-state index contributed by atoms with van der Waals surface area (Å²) in [6, 6.07) is 6.78. The number of rotatable bonds is 4. The molecule has 0 amide bonds. The fourth-order valence-corrected chi connectivity index (χ4v) is 5.33. The molecule has 0 N–H and O–H groups in total. The average molecular weight is 348 g/mol. The second-order valence-electron chi connectivity index (χ2n) is 6.74. The molecular weight excluding hydrogens is 324 g/mol. The summed E-state index contributed by atoms with van der Waals surface area (Å²) < 4.78 is 33.4. The molecule has 1 saturated heterocycles. The van der Waals surface area contributed by atoms with Crippen LogP contribution in [0, 0.1) is 18.3 Å². The van der Waals surface area contributed by atoms with Gasteiger partial charge in [-0.2, -0.15) is 9.57 Å². The van der Waals surface area contributed by atoms with Crippen LogP contribution in [0.5, 0.6) is 0 Å². The van der Waals surface area contributed by atoms with Crippen LogP contribution in [-0.2, 0) is 14.8 Å². The van der Waals surface area contributed by atoms with Crippen molar-refractivity contribution in [3.05, 3.63) is 29.3 Å². The lowest BCUT2D eigenvalue weighted by atomic mass is 10.1. The molecule has 24 heavy (non-hydrogen) atoms. The first kappa shape index (κ1) is 17.4. The van der Waals surface area contributed by atoms with Crippen molar-refractivity contribution >= 4 is 10.0 Å². The second-order valence-corrected chi connectivity index (χ2v) is 8.64. The zero-order valence-electron chi connectivity index (χ0n) is 14.1. The summed E-state index contributed by atoms with van der Waals surface area (Å²) in [5.74, 6) is 0. The van der Waals surface area contributed by atoms with Crippen molar-refractivity contribution in [2.45, 2.75) is 62.6 Å². The molecule has 1 aliphatic carbocycles. The van der Waals surface area contributed by atoms with E-state index in [1.165, 1.54) is 12.8 Å². The third-order valence-corrected chi connectivity index (χ3v) is 7.07. The zero-order valence-corrected chi connectivity index (χ0v) is 14.9. The fourth-order valence-electron chi connectivity index (χ4n) is 3.65. The maximum absolute atomic E-state index is 12.9. The molecule has 1 aromatic rings. The van der Waals surface area contributed by atoms with Gasteiger partial charge in [0.1, 0.15) is 0 Å². The molecular formula is C18H24N2O3S. The summed E-state index contributed by atoms with van der Waals surface area (Å²) in [6.45, 7) is 2.74. The first-order chi connectivity index (χ1) is 11.5. The van der Waals surface area contributed by atoms with Crippen LogP contribution in [0.4, 0.5) is 0 Å². The molecule has 0 atom stereocenters. The highest BCUT2D eigenvalue weighted by Crippen LogP contribution is 2.28. The van der Waals surface area contributed by atoms with Gasteiger partial charge < -0.3 is 4.74 Å². The third kappa shape index (κ3) is 3.64. The number of benzene rings is 1. The number of ether oxygens (including phenoxy) is 1. The van der Waals surface area contributed by atoms with Gasteiger partial charge in [-0.1, -0.05) is 12.8 Å².